The van der Waals surface area contributed by atoms with Gasteiger partial charge in [-0.3, -0.25) is 4.98 Å². The van der Waals surface area contributed by atoms with Crippen LogP contribution in [0.2, 0.25) is 0 Å². The molecule has 1 aromatic heterocycles. The van der Waals surface area contributed by atoms with Crippen LogP contribution in [0.3, 0.4) is 0 Å². The lowest BCUT2D eigenvalue weighted by atomic mass is 9.79. The third kappa shape index (κ3) is 16.5. The van der Waals surface area contributed by atoms with Crippen LogP contribution in [0.25, 0.3) is 0 Å². The molecule has 0 spiro atoms. The summed E-state index contributed by atoms with van der Waals surface area (Å²) >= 11 is 0. The first-order valence-electron chi connectivity index (χ1n) is 37.6. The van der Waals surface area contributed by atoms with Gasteiger partial charge in [0.1, 0.15) is 59.2 Å². The molecule has 2 aliphatic rings. The van der Waals surface area contributed by atoms with E-state index in [9.17, 15) is 30.6 Å². The molecule has 550 valence electrons. The first-order chi connectivity index (χ1) is 48.0. The zero-order chi connectivity index (χ0) is 76.3. The molecule has 16 bridgehead atoms. The van der Waals surface area contributed by atoms with Crippen molar-refractivity contribution in [2.75, 3.05) is 0 Å². The van der Waals surface area contributed by atoms with Gasteiger partial charge >= 0.3 is 0 Å². The van der Waals surface area contributed by atoms with Crippen LogP contribution in [-0.2, 0) is 108 Å². The van der Waals surface area contributed by atoms with E-state index in [-0.39, 0.29) is 142 Å². The fourth-order valence-electron chi connectivity index (χ4n) is 14.7. The van der Waals surface area contributed by atoms with Gasteiger partial charge in [0.05, 0.1) is 11.4 Å². The fraction of sp³-hybridized carbons (Fsp3) is 0.442. The van der Waals surface area contributed by atoms with Crippen LogP contribution in [0.5, 0.6) is 46.0 Å². The van der Waals surface area contributed by atoms with E-state index in [0.29, 0.717) is 89.6 Å². The highest BCUT2D eigenvalue weighted by molar-refractivity contribution is 5.62. The summed E-state index contributed by atoms with van der Waals surface area (Å²) in [6, 6.07) is 40.0. The summed E-state index contributed by atoms with van der Waals surface area (Å²) in [6.45, 7) is 52.7. The Morgan fingerprint density at radius 1 is 0.221 bits per heavy atom. The molecule has 8 aromatic carbocycles. The third-order valence-corrected chi connectivity index (χ3v) is 21.7. The molecule has 11 rings (SSSR count). The molecule has 6 N–H and O–H groups in total. The molecule has 104 heavy (non-hydrogen) atoms. The summed E-state index contributed by atoms with van der Waals surface area (Å²) in [4.78, 5) is 5.33. The van der Waals surface area contributed by atoms with E-state index in [1.807, 2.05) is 18.2 Å². The van der Waals surface area contributed by atoms with Crippen LogP contribution in [0.1, 0.15) is 311 Å². The van der Waals surface area contributed by atoms with Gasteiger partial charge < -0.3 is 40.1 Å². The molecule has 9 aromatic rings. The van der Waals surface area contributed by atoms with Gasteiger partial charge in [-0.15, -0.1) is 0 Å². The molecule has 0 saturated carbocycles. The number of fused-ring (bicyclic) bond motifs is 14. The standard InChI is InChI=1S/C95H117NO8/c1-88(2,3)70-36-54-28-58-40-72(90(7,8)9)44-62(82(58)99)32-66-48-76(94(19,20)21)50-68-34-64-46-74(92(13,14)15)42-60(84(64)101)30-56-38-71(89(4,5)6)39-57(81(56)98)31-61-43-75(93(16,17)18)47-65(85(61)102)35-69-51-77(95(22,23)24)49-67(87(69)104-53-79-27-25-26-78(96-79)52-103-86(66)68)33-63-45-73(91(10,11)12)41-59(83(63)100)29-55(37-70)80(54)97/h25-27,36-51,97-102H,28-35,52-53H2,1-24H3. The second-order valence-corrected chi connectivity index (χ2v) is 38.7. The van der Waals surface area contributed by atoms with Crippen molar-refractivity contribution in [1.82, 2.24) is 4.98 Å². The number of nitrogens with zero attached hydrogens (tertiary/aromatic N) is 1. The number of phenolic OH excluding ortho intramolecular Hbond substituents is 6. The second-order valence-electron chi connectivity index (χ2n) is 38.7. The molecule has 3 heterocycles. The second kappa shape index (κ2) is 27.3. The Hall–Kier alpha value is -8.69. The number of phenols is 6. The van der Waals surface area contributed by atoms with Crippen molar-refractivity contribution in [1.29, 1.82) is 0 Å². The van der Waals surface area contributed by atoms with Gasteiger partial charge in [0.15, 0.2) is 0 Å². The quantitative estimate of drug-likeness (QED) is 0.0871. The van der Waals surface area contributed by atoms with E-state index >= 15 is 0 Å². The van der Waals surface area contributed by atoms with Gasteiger partial charge in [-0.1, -0.05) is 269 Å². The van der Waals surface area contributed by atoms with Crippen LogP contribution in [0.15, 0.2) is 115 Å². The van der Waals surface area contributed by atoms with E-state index in [1.165, 1.54) is 0 Å². The summed E-state index contributed by atoms with van der Waals surface area (Å²) in [6.07, 6.45) is 1.92. The molecular formula is C95H117NO8. The molecule has 2 aliphatic heterocycles. The van der Waals surface area contributed by atoms with Gasteiger partial charge in [0.2, 0.25) is 0 Å². The average molecular weight is 1400 g/mol. The van der Waals surface area contributed by atoms with Gasteiger partial charge in [0, 0.05) is 51.4 Å². The summed E-state index contributed by atoms with van der Waals surface area (Å²) in [5.74, 6) is 1.97. The molecule has 0 aliphatic carbocycles. The lowest BCUT2D eigenvalue weighted by molar-refractivity contribution is 0.284. The third-order valence-electron chi connectivity index (χ3n) is 21.7. The zero-order valence-corrected chi connectivity index (χ0v) is 67.0. The number of aromatic nitrogens is 1. The van der Waals surface area contributed by atoms with E-state index in [4.69, 9.17) is 14.5 Å². The summed E-state index contributed by atoms with van der Waals surface area (Å²) in [5.41, 5.74) is 18.2. The number of hydrogen-bond donors (Lipinski definition) is 6. The Kier molecular flexibility index (Phi) is 20.1. The molecular weight excluding hydrogens is 1280 g/mol. The Balaban J connectivity index is 1.28. The summed E-state index contributed by atoms with van der Waals surface area (Å²) < 4.78 is 14.8. The number of hydrogen-bond acceptors (Lipinski definition) is 9. The molecule has 0 fully saturated rings. The van der Waals surface area contributed by atoms with Gasteiger partial charge in [-0.2, -0.15) is 0 Å². The SMILES string of the molecule is CC(C)(C)c1cc2c(O)c(c1)Cc1cc(C(C)(C)C)cc(c1O)Cc1cc(C(C)(C)C)cc3c1OCc1cccc(n1)COc1c(cc(C(C)(C)C)cc1Cc1cc(C(C)(C)C)cc(c1O)Cc1cc(C(C)(C)C)cc(c1O)Cc1cc(C(C)(C)C)cc(c1O)C3)Cc1cc(C(C)(C)C)cc(c1O)C2. The number of rotatable bonds is 0. The maximum absolute atomic E-state index is 13.2. The maximum Gasteiger partial charge on any atom is 0.130 e. The number of benzene rings is 8. The lowest BCUT2D eigenvalue weighted by Gasteiger charge is -2.28. The van der Waals surface area contributed by atoms with Crippen molar-refractivity contribution < 1.29 is 40.1 Å². The summed E-state index contributed by atoms with van der Waals surface area (Å²) in [5, 5.41) is 78.8. The molecule has 9 nitrogen and oxygen atoms in total. The van der Waals surface area contributed by atoms with Crippen LogP contribution in [0.4, 0.5) is 0 Å². The first-order valence-corrected chi connectivity index (χ1v) is 37.6. The van der Waals surface area contributed by atoms with Crippen molar-refractivity contribution in [3.8, 4) is 46.0 Å². The highest BCUT2D eigenvalue weighted by Gasteiger charge is 2.33. The van der Waals surface area contributed by atoms with Crippen LogP contribution >= 0.6 is 0 Å². The largest absolute Gasteiger partial charge is 0.507 e. The molecule has 9 heteroatoms. The zero-order valence-electron chi connectivity index (χ0n) is 67.0. The highest BCUT2D eigenvalue weighted by atomic mass is 16.5. The van der Waals surface area contributed by atoms with E-state index in [2.05, 4.69) is 263 Å². The molecule has 0 saturated heterocycles. The van der Waals surface area contributed by atoms with E-state index < -0.39 is 0 Å². The van der Waals surface area contributed by atoms with Crippen molar-refractivity contribution >= 4 is 0 Å². The van der Waals surface area contributed by atoms with Gasteiger partial charge in [-0.05, 0) is 189 Å². The molecule has 0 atom stereocenters. The molecule has 0 radical (unpaired) electrons. The predicted molar refractivity (Wildman–Crippen MR) is 426 cm³/mol. The number of ether oxygens (including phenoxy) is 2. The number of aromatic hydroxyl groups is 6. The minimum atomic E-state index is -0.369. The predicted octanol–water partition coefficient (Wildman–Crippen LogP) is 22.2. The van der Waals surface area contributed by atoms with Gasteiger partial charge in [-0.25, -0.2) is 0 Å². The van der Waals surface area contributed by atoms with Crippen LogP contribution < -0.4 is 9.47 Å². The van der Waals surface area contributed by atoms with Crippen molar-refractivity contribution in [3.05, 3.63) is 260 Å². The van der Waals surface area contributed by atoms with E-state index in [0.717, 1.165) is 66.8 Å². The molecule has 0 unspecified atom stereocenters. The Morgan fingerprint density at radius 3 is 0.500 bits per heavy atom. The van der Waals surface area contributed by atoms with Crippen molar-refractivity contribution in [2.24, 2.45) is 0 Å². The molecule has 0 amide bonds. The maximum atomic E-state index is 13.2. The first kappa shape index (κ1) is 76.4. The topological polar surface area (TPSA) is 153 Å². The van der Waals surface area contributed by atoms with Gasteiger partial charge in [0.25, 0.3) is 0 Å². The van der Waals surface area contributed by atoms with Crippen molar-refractivity contribution in [3.63, 3.8) is 0 Å². The lowest BCUT2D eigenvalue weighted by Crippen LogP contribution is -2.16. The van der Waals surface area contributed by atoms with E-state index in [1.54, 1.807) is 0 Å². The summed E-state index contributed by atoms with van der Waals surface area (Å²) in [7, 11) is 0. The smallest absolute Gasteiger partial charge is 0.130 e. The Labute approximate surface area is 621 Å². The Bertz CT molecular complexity index is 4270. The minimum Gasteiger partial charge on any atom is -0.507 e. The highest BCUT2D eigenvalue weighted by Crippen LogP contribution is 2.48. The fourth-order valence-corrected chi connectivity index (χ4v) is 14.7. The monoisotopic (exact) mass is 1400 g/mol. The minimum absolute atomic E-state index is 0.0624. The normalized spacial score (nSPS) is 14.5. The Morgan fingerprint density at radius 2 is 0.356 bits per heavy atom. The average Bonchev–Trinajstić information content (AvgIpc) is 0.777. The van der Waals surface area contributed by atoms with Crippen molar-refractivity contribution in [2.45, 2.75) is 274 Å². The van der Waals surface area contributed by atoms with Crippen LogP contribution in [-0.4, -0.2) is 35.6 Å². The van der Waals surface area contributed by atoms with Crippen LogP contribution in [0, 0.1) is 0 Å². The number of pyridine rings is 1.